The fraction of sp³-hybridized carbons (Fsp3) is 0.500. The molecule has 0 spiro atoms. The minimum atomic E-state index is -0.500. The highest BCUT2D eigenvalue weighted by Crippen LogP contribution is 2.12. The lowest BCUT2D eigenvalue weighted by molar-refractivity contribution is -0.149. The Balaban J connectivity index is 2.69. The van der Waals surface area contributed by atoms with Crippen molar-refractivity contribution in [1.29, 1.82) is 0 Å². The van der Waals surface area contributed by atoms with Crippen LogP contribution in [0.4, 0.5) is 0 Å². The van der Waals surface area contributed by atoms with Crippen molar-refractivity contribution in [3.05, 3.63) is 12.2 Å². The number of carbonyl (C=O) groups is 2. The number of carbonyl (C=O) groups excluding carboxylic acids is 2. The van der Waals surface area contributed by atoms with E-state index in [0.717, 1.165) is 4.90 Å². The third kappa shape index (κ3) is 1.53. The second-order valence-electron chi connectivity index (χ2n) is 2.43. The van der Waals surface area contributed by atoms with Crippen LogP contribution in [-0.4, -0.2) is 29.5 Å². The molecule has 0 radical (unpaired) electrons. The van der Waals surface area contributed by atoms with Gasteiger partial charge in [-0.2, -0.15) is 0 Å². The van der Waals surface area contributed by atoms with Crippen LogP contribution in [0.25, 0.3) is 0 Å². The molecule has 66 valence electrons. The Morgan fingerprint density at radius 1 is 1.75 bits per heavy atom. The highest BCUT2D eigenvalue weighted by Gasteiger charge is 2.29. The molecule has 0 aromatic heterocycles. The van der Waals surface area contributed by atoms with Crippen LogP contribution in [0.1, 0.15) is 13.8 Å². The molecule has 1 unspecified atom stereocenters. The molecule has 4 heteroatoms. The van der Waals surface area contributed by atoms with Crippen molar-refractivity contribution in [3.8, 4) is 0 Å². The van der Waals surface area contributed by atoms with Crippen molar-refractivity contribution in [2.75, 3.05) is 6.61 Å². The van der Waals surface area contributed by atoms with E-state index in [9.17, 15) is 9.59 Å². The van der Waals surface area contributed by atoms with Gasteiger partial charge in [0.05, 0.1) is 0 Å². The Bertz CT molecular complexity index is 234. The van der Waals surface area contributed by atoms with Crippen LogP contribution < -0.4 is 0 Å². The summed E-state index contributed by atoms with van der Waals surface area (Å²) in [5, 5.41) is 0. The molecule has 12 heavy (non-hydrogen) atoms. The number of nitrogens with zero attached hydrogens (tertiary/aromatic N) is 1. The first-order valence-electron chi connectivity index (χ1n) is 3.80. The number of amides is 2. The molecule has 0 aromatic carbocycles. The van der Waals surface area contributed by atoms with Gasteiger partial charge in [0.2, 0.25) is 5.91 Å². The Labute approximate surface area is 70.8 Å². The summed E-state index contributed by atoms with van der Waals surface area (Å²) in [7, 11) is 0. The largest absolute Gasteiger partial charge is 0.354 e. The molecule has 0 fully saturated rings. The lowest BCUT2D eigenvalue weighted by Gasteiger charge is -2.20. The van der Waals surface area contributed by atoms with E-state index in [4.69, 9.17) is 4.74 Å². The van der Waals surface area contributed by atoms with E-state index < -0.39 is 6.23 Å². The zero-order valence-electron chi connectivity index (χ0n) is 7.11. The van der Waals surface area contributed by atoms with Crippen molar-refractivity contribution in [2.45, 2.75) is 20.1 Å². The van der Waals surface area contributed by atoms with E-state index in [1.165, 1.54) is 13.0 Å². The Kier molecular flexibility index (Phi) is 2.60. The molecule has 0 aromatic rings. The molecule has 0 N–H and O–H groups in total. The average molecular weight is 169 g/mol. The van der Waals surface area contributed by atoms with Gasteiger partial charge in [-0.05, 0) is 13.0 Å². The third-order valence-electron chi connectivity index (χ3n) is 1.57. The second-order valence-corrected chi connectivity index (χ2v) is 2.43. The molecule has 0 aliphatic carbocycles. The predicted octanol–water partition coefficient (Wildman–Crippen LogP) is 0.294. The normalized spacial score (nSPS) is 22.0. The molecule has 1 atom stereocenters. The van der Waals surface area contributed by atoms with Crippen molar-refractivity contribution in [3.63, 3.8) is 0 Å². The SMILES string of the molecule is CCOC1C=CC(=O)N1C(C)=O. The summed E-state index contributed by atoms with van der Waals surface area (Å²) < 4.78 is 5.14. The maximum atomic E-state index is 11.0. The van der Waals surface area contributed by atoms with E-state index in [-0.39, 0.29) is 11.8 Å². The summed E-state index contributed by atoms with van der Waals surface area (Å²) >= 11 is 0. The Morgan fingerprint density at radius 3 is 2.92 bits per heavy atom. The molecule has 2 amide bonds. The first kappa shape index (κ1) is 8.93. The Morgan fingerprint density at radius 2 is 2.42 bits per heavy atom. The quantitative estimate of drug-likeness (QED) is 0.597. The topological polar surface area (TPSA) is 46.6 Å². The predicted molar refractivity (Wildman–Crippen MR) is 42.1 cm³/mol. The van der Waals surface area contributed by atoms with Gasteiger partial charge in [0.15, 0.2) is 6.23 Å². The maximum Gasteiger partial charge on any atom is 0.255 e. The van der Waals surface area contributed by atoms with Gasteiger partial charge < -0.3 is 4.74 Å². The summed E-state index contributed by atoms with van der Waals surface area (Å²) in [6.45, 7) is 3.64. The molecule has 1 aliphatic rings. The number of hydrogen-bond acceptors (Lipinski definition) is 3. The van der Waals surface area contributed by atoms with Crippen molar-refractivity contribution >= 4 is 11.8 Å². The zero-order valence-corrected chi connectivity index (χ0v) is 7.11. The van der Waals surface area contributed by atoms with Crippen LogP contribution in [-0.2, 0) is 14.3 Å². The van der Waals surface area contributed by atoms with Crippen LogP contribution >= 0.6 is 0 Å². The lowest BCUT2D eigenvalue weighted by atomic mass is 10.5. The molecule has 1 heterocycles. The van der Waals surface area contributed by atoms with Gasteiger partial charge >= 0.3 is 0 Å². The van der Waals surface area contributed by atoms with Crippen LogP contribution in [0.5, 0.6) is 0 Å². The van der Waals surface area contributed by atoms with E-state index in [1.54, 1.807) is 6.08 Å². The highest BCUT2D eigenvalue weighted by molar-refractivity contribution is 6.02. The summed E-state index contributed by atoms with van der Waals surface area (Å²) in [6, 6.07) is 0. The van der Waals surface area contributed by atoms with Crippen molar-refractivity contribution in [2.24, 2.45) is 0 Å². The van der Waals surface area contributed by atoms with E-state index in [1.807, 2.05) is 6.92 Å². The monoisotopic (exact) mass is 169 g/mol. The standard InChI is InChI=1S/C8H11NO3/c1-3-12-8-5-4-7(11)9(8)6(2)10/h4-5,8H,3H2,1-2H3. The maximum absolute atomic E-state index is 11.0. The number of imide groups is 1. The fourth-order valence-electron chi connectivity index (χ4n) is 1.09. The molecule has 0 saturated carbocycles. The van der Waals surface area contributed by atoms with Crippen molar-refractivity contribution in [1.82, 2.24) is 4.90 Å². The van der Waals surface area contributed by atoms with Crippen LogP contribution in [0.2, 0.25) is 0 Å². The third-order valence-corrected chi connectivity index (χ3v) is 1.57. The molecular weight excluding hydrogens is 158 g/mol. The van der Waals surface area contributed by atoms with Gasteiger partial charge in [-0.15, -0.1) is 0 Å². The van der Waals surface area contributed by atoms with Gasteiger partial charge in [0.25, 0.3) is 5.91 Å². The van der Waals surface area contributed by atoms with Gasteiger partial charge in [0, 0.05) is 19.6 Å². The number of rotatable bonds is 2. The second kappa shape index (κ2) is 3.49. The Hall–Kier alpha value is -1.16. The molecule has 4 nitrogen and oxygen atoms in total. The van der Waals surface area contributed by atoms with Gasteiger partial charge in [0.1, 0.15) is 0 Å². The van der Waals surface area contributed by atoms with Gasteiger partial charge in [-0.1, -0.05) is 0 Å². The van der Waals surface area contributed by atoms with Crippen LogP contribution in [0, 0.1) is 0 Å². The van der Waals surface area contributed by atoms with E-state index >= 15 is 0 Å². The minimum Gasteiger partial charge on any atom is -0.354 e. The molecule has 0 bridgehead atoms. The fourth-order valence-corrected chi connectivity index (χ4v) is 1.09. The van der Waals surface area contributed by atoms with Crippen molar-refractivity contribution < 1.29 is 14.3 Å². The zero-order chi connectivity index (χ0) is 9.14. The average Bonchev–Trinajstić information content (AvgIpc) is 2.32. The van der Waals surface area contributed by atoms with E-state index in [0.29, 0.717) is 6.61 Å². The van der Waals surface area contributed by atoms with Gasteiger partial charge in [-0.25, -0.2) is 4.90 Å². The number of hydrogen-bond donors (Lipinski definition) is 0. The first-order chi connectivity index (χ1) is 5.66. The summed E-state index contributed by atoms with van der Waals surface area (Å²) in [5.41, 5.74) is 0. The molecule has 0 saturated heterocycles. The molecule has 1 aliphatic heterocycles. The van der Waals surface area contributed by atoms with Gasteiger partial charge in [-0.3, -0.25) is 9.59 Å². The summed E-state index contributed by atoms with van der Waals surface area (Å²) in [4.78, 5) is 23.1. The molecular formula is C8H11NO3. The summed E-state index contributed by atoms with van der Waals surface area (Å²) in [5.74, 6) is -0.593. The van der Waals surface area contributed by atoms with E-state index in [2.05, 4.69) is 0 Å². The molecule has 1 rings (SSSR count). The smallest absolute Gasteiger partial charge is 0.255 e. The first-order valence-corrected chi connectivity index (χ1v) is 3.80. The minimum absolute atomic E-state index is 0.288. The highest BCUT2D eigenvalue weighted by atomic mass is 16.5. The summed E-state index contributed by atoms with van der Waals surface area (Å²) in [6.07, 6.45) is 2.43. The van der Waals surface area contributed by atoms with Crippen LogP contribution in [0.15, 0.2) is 12.2 Å². The lowest BCUT2D eigenvalue weighted by Crippen LogP contribution is -2.39. The van der Waals surface area contributed by atoms with Crippen LogP contribution in [0.3, 0.4) is 0 Å². The number of ether oxygens (including phenoxy) is 1.